The van der Waals surface area contributed by atoms with Gasteiger partial charge < -0.3 is 29.5 Å². The number of carbonyl (C=O) groups excluding carboxylic acids is 3. The highest BCUT2D eigenvalue weighted by Crippen LogP contribution is 2.51. The average Bonchev–Trinajstić information content (AvgIpc) is 4.14. The molecule has 2 aromatic rings. The number of aryl methyl sites for hydroxylation is 1. The Bertz CT molecular complexity index is 2340. The first-order valence-electron chi connectivity index (χ1n) is 22.8. The van der Waals surface area contributed by atoms with Crippen molar-refractivity contribution in [1.82, 2.24) is 29.7 Å². The monoisotopic (exact) mass is 932 g/mol. The normalized spacial score (nSPS) is 28.8. The summed E-state index contributed by atoms with van der Waals surface area (Å²) in [6, 6.07) is 2.01. The van der Waals surface area contributed by atoms with E-state index in [1.54, 1.807) is 18.2 Å². The molecule has 0 bridgehead atoms. The topological polar surface area (TPSA) is 197 Å². The van der Waals surface area contributed by atoms with Gasteiger partial charge in [-0.1, -0.05) is 38.8 Å². The lowest BCUT2D eigenvalue weighted by Crippen LogP contribution is -2.59. The Morgan fingerprint density at radius 2 is 1.86 bits per heavy atom. The van der Waals surface area contributed by atoms with E-state index in [9.17, 15) is 27.9 Å². The predicted octanol–water partition coefficient (Wildman–Crippen LogP) is 5.03. The van der Waals surface area contributed by atoms with Crippen LogP contribution in [0.3, 0.4) is 0 Å². The fraction of sp³-hybridized carbons (Fsp3) is 0.667. The molecule has 20 heteroatoms. The smallest absolute Gasteiger partial charge is 0.437 e. The van der Waals surface area contributed by atoms with Gasteiger partial charge in [0.15, 0.2) is 11.4 Å². The molecule has 2 saturated heterocycles. The van der Waals surface area contributed by atoms with Crippen molar-refractivity contribution in [3.63, 3.8) is 0 Å². The number of amides is 4. The number of ether oxygens (including phenoxy) is 3. The summed E-state index contributed by atoms with van der Waals surface area (Å²) in [6.07, 6.45) is 0.426. The van der Waals surface area contributed by atoms with Crippen LogP contribution in [0, 0.1) is 11.8 Å². The molecule has 356 valence electrons. The number of aromatic nitrogens is 1. The number of hydrogen-bond donors (Lipinski definition) is 3. The summed E-state index contributed by atoms with van der Waals surface area (Å²) in [4.78, 5) is 65.3. The molecule has 2 saturated carbocycles. The third-order valence-corrected chi connectivity index (χ3v) is 16.1. The molecule has 5 heterocycles. The van der Waals surface area contributed by atoms with Gasteiger partial charge in [-0.2, -0.15) is 13.2 Å². The number of hydrogen-bond acceptors (Lipinski definition) is 11. The maximum Gasteiger partial charge on any atom is 0.437 e. The number of nitrogens with one attached hydrogen (secondary N) is 2. The van der Waals surface area contributed by atoms with Crippen LogP contribution in [0.2, 0.25) is 0 Å². The van der Waals surface area contributed by atoms with Crippen LogP contribution in [0.25, 0.3) is 10.9 Å². The maximum atomic E-state index is 15.0. The number of morpholine rings is 1. The number of nitrogens with zero attached hydrogens (tertiary/aromatic N) is 4. The Kier molecular flexibility index (Phi) is 12.9. The standard InChI is InChI=1S/C45H59F3N6O10S/c1-28(2)26-53(41(58)59)34-10-8-6-4-5-7-9-29-24-44(29,40(57)51-65(60,61)42(3)15-16-42)50-38(55)35-25-43(27-54(35)39(34)56)14-13-31-32-23-30(63-22-19-52-17-20-62-21-18-52)11-12-33(32)49-37(36(31)64-43)45(46,47)48/h7,9,11-12,23,28-29,34-35H,4-6,8,10,13-22,24-27H2,1-3H3,(H,50,55)(H,51,57)(H,58,59)/b9-7-/t29-,34+,35+,43-,44-/m1/s1. The minimum Gasteiger partial charge on any atom is -0.492 e. The third-order valence-electron chi connectivity index (χ3n) is 14.0. The number of pyridine rings is 1. The molecule has 4 fully saturated rings. The first-order chi connectivity index (χ1) is 30.7. The van der Waals surface area contributed by atoms with E-state index in [-0.39, 0.29) is 62.2 Å². The minimum absolute atomic E-state index is 0.000834. The molecule has 1 spiro atoms. The molecule has 1 aromatic carbocycles. The molecular formula is C45H59F3N6O10S. The SMILES string of the molecule is CC(C)CN(C(=O)O)[C@H]1CCCCC/C=C\[C@@H]2C[C@@]2(C(=O)NS(=O)(=O)C2(C)CC2)NC(=O)[C@@H]2C[C@]3(CCc4c(c(C(F)(F)F)nc5ccc(OCCN6CCOCC6)cc45)O3)CN2C1=O. The number of fused-ring (bicyclic) bond motifs is 5. The van der Waals surface area contributed by atoms with Gasteiger partial charge in [-0.3, -0.25) is 28.9 Å². The minimum atomic E-state index is -4.96. The Balaban J connectivity index is 1.15. The number of alkyl halides is 3. The van der Waals surface area contributed by atoms with Gasteiger partial charge in [0.25, 0.3) is 5.91 Å². The second kappa shape index (κ2) is 17.8. The highest BCUT2D eigenvalue weighted by molar-refractivity contribution is 7.91. The van der Waals surface area contributed by atoms with Crippen molar-refractivity contribution in [2.45, 2.75) is 126 Å². The van der Waals surface area contributed by atoms with Crippen LogP contribution >= 0.6 is 0 Å². The molecular weight excluding hydrogens is 874 g/mol. The van der Waals surface area contributed by atoms with Crippen molar-refractivity contribution in [3.8, 4) is 11.5 Å². The molecule has 5 atom stereocenters. The zero-order valence-electron chi connectivity index (χ0n) is 37.1. The predicted molar refractivity (Wildman–Crippen MR) is 231 cm³/mol. The summed E-state index contributed by atoms with van der Waals surface area (Å²) in [6.45, 7) is 8.51. The van der Waals surface area contributed by atoms with E-state index in [0.29, 0.717) is 76.0 Å². The van der Waals surface area contributed by atoms with E-state index >= 15 is 18.0 Å². The first kappa shape index (κ1) is 46.8. The van der Waals surface area contributed by atoms with Gasteiger partial charge in [-0.25, -0.2) is 18.2 Å². The number of carboxylic acid groups (broad SMARTS) is 1. The highest BCUT2D eigenvalue weighted by Gasteiger charge is 2.64. The summed E-state index contributed by atoms with van der Waals surface area (Å²) in [5.74, 6) is -3.33. The fourth-order valence-corrected chi connectivity index (χ4v) is 11.1. The van der Waals surface area contributed by atoms with E-state index in [4.69, 9.17) is 14.2 Å². The molecule has 16 nitrogen and oxygen atoms in total. The number of sulfonamides is 1. The van der Waals surface area contributed by atoms with Crippen LogP contribution in [0.5, 0.6) is 11.5 Å². The van der Waals surface area contributed by atoms with Crippen molar-refractivity contribution in [3.05, 3.63) is 41.6 Å². The second-order valence-electron chi connectivity index (χ2n) is 19.3. The Morgan fingerprint density at radius 3 is 2.55 bits per heavy atom. The van der Waals surface area contributed by atoms with Gasteiger partial charge in [-0.15, -0.1) is 0 Å². The molecule has 2 aliphatic carbocycles. The van der Waals surface area contributed by atoms with Crippen molar-refractivity contribution >= 4 is 44.7 Å². The Hall–Kier alpha value is -4.69. The van der Waals surface area contributed by atoms with E-state index < -0.39 is 85.3 Å². The molecule has 6 aliphatic rings. The fourth-order valence-electron chi connectivity index (χ4n) is 9.78. The van der Waals surface area contributed by atoms with Gasteiger partial charge in [0.2, 0.25) is 21.8 Å². The highest BCUT2D eigenvalue weighted by atomic mass is 32.2. The molecule has 0 unspecified atom stereocenters. The van der Waals surface area contributed by atoms with E-state index in [1.807, 2.05) is 19.9 Å². The number of allylic oxidation sites excluding steroid dienone is 1. The van der Waals surface area contributed by atoms with Crippen molar-refractivity contribution < 1.29 is 60.1 Å². The molecule has 0 radical (unpaired) electrons. The van der Waals surface area contributed by atoms with Gasteiger partial charge in [0.1, 0.15) is 35.6 Å². The van der Waals surface area contributed by atoms with Crippen LogP contribution in [-0.4, -0.2) is 138 Å². The summed E-state index contributed by atoms with van der Waals surface area (Å²) < 4.78 is 90.7. The quantitative estimate of drug-likeness (QED) is 0.270. The average molecular weight is 933 g/mol. The lowest BCUT2D eigenvalue weighted by atomic mass is 9.87. The van der Waals surface area contributed by atoms with Crippen molar-refractivity contribution in [2.75, 3.05) is 52.5 Å². The summed E-state index contributed by atoms with van der Waals surface area (Å²) in [5.41, 5.74) is -4.21. The van der Waals surface area contributed by atoms with Crippen LogP contribution < -0.4 is 19.5 Å². The second-order valence-corrected chi connectivity index (χ2v) is 21.5. The Morgan fingerprint density at radius 1 is 1.11 bits per heavy atom. The summed E-state index contributed by atoms with van der Waals surface area (Å²) in [5, 5.41) is 13.7. The van der Waals surface area contributed by atoms with Gasteiger partial charge in [0.05, 0.1) is 30.0 Å². The lowest BCUT2D eigenvalue weighted by molar-refractivity contribution is -0.145. The summed E-state index contributed by atoms with van der Waals surface area (Å²) in [7, 11) is -4.12. The molecule has 4 amide bonds. The van der Waals surface area contributed by atoms with Crippen LogP contribution in [0.1, 0.15) is 96.2 Å². The zero-order chi connectivity index (χ0) is 46.5. The number of benzene rings is 1. The van der Waals surface area contributed by atoms with E-state index in [0.717, 1.165) is 18.0 Å². The van der Waals surface area contributed by atoms with Gasteiger partial charge >= 0.3 is 12.3 Å². The zero-order valence-corrected chi connectivity index (χ0v) is 37.9. The van der Waals surface area contributed by atoms with Crippen molar-refractivity contribution in [1.29, 1.82) is 0 Å². The largest absolute Gasteiger partial charge is 0.492 e. The lowest BCUT2D eigenvalue weighted by Gasteiger charge is -2.38. The van der Waals surface area contributed by atoms with E-state index in [2.05, 4.69) is 19.9 Å². The molecule has 4 aliphatic heterocycles. The number of carbonyl (C=O) groups is 4. The molecule has 3 N–H and O–H groups in total. The van der Waals surface area contributed by atoms with E-state index in [1.165, 1.54) is 17.9 Å². The van der Waals surface area contributed by atoms with Crippen molar-refractivity contribution in [2.24, 2.45) is 11.8 Å². The first-order valence-corrected chi connectivity index (χ1v) is 24.2. The Labute approximate surface area is 376 Å². The molecule has 1 aromatic heterocycles. The molecule has 8 rings (SSSR count). The number of halogens is 3. The maximum absolute atomic E-state index is 15.0. The third kappa shape index (κ3) is 9.62. The van der Waals surface area contributed by atoms with Crippen LogP contribution in [-0.2, 0) is 41.7 Å². The van der Waals surface area contributed by atoms with Crippen LogP contribution in [0.4, 0.5) is 18.0 Å². The molecule has 65 heavy (non-hydrogen) atoms. The van der Waals surface area contributed by atoms with Gasteiger partial charge in [0, 0.05) is 49.5 Å². The van der Waals surface area contributed by atoms with Crippen LogP contribution in [0.15, 0.2) is 30.4 Å². The van der Waals surface area contributed by atoms with Gasteiger partial charge in [-0.05, 0) is 82.4 Å². The summed E-state index contributed by atoms with van der Waals surface area (Å²) >= 11 is 0. The number of rotatable bonds is 10.